The average Bonchev–Trinajstić information content (AvgIpc) is 2.78. The van der Waals surface area contributed by atoms with Crippen LogP contribution < -0.4 is 10.1 Å². The van der Waals surface area contributed by atoms with E-state index in [1.807, 2.05) is 39.0 Å². The van der Waals surface area contributed by atoms with E-state index in [1.165, 1.54) is 0 Å². The number of hydrogen-bond acceptors (Lipinski definition) is 4. The third kappa shape index (κ3) is 3.58. The zero-order chi connectivity index (χ0) is 13.9. The minimum Gasteiger partial charge on any atom is -0.388 e. The van der Waals surface area contributed by atoms with Crippen molar-refractivity contribution >= 4 is 11.8 Å². The molecule has 0 spiro atoms. The van der Waals surface area contributed by atoms with Crippen LogP contribution in [0.2, 0.25) is 0 Å². The van der Waals surface area contributed by atoms with Crippen LogP contribution in [0.15, 0.2) is 40.9 Å². The fourth-order valence-corrected chi connectivity index (χ4v) is 1.42. The highest BCUT2D eigenvalue weighted by molar-refractivity contribution is 5.85. The highest BCUT2D eigenvalue weighted by Crippen LogP contribution is 2.25. The maximum atomic E-state index is 11.6. The topological polar surface area (TPSA) is 64.4 Å². The van der Waals surface area contributed by atoms with Gasteiger partial charge in [0, 0.05) is 17.2 Å². The van der Waals surface area contributed by atoms with Gasteiger partial charge in [-0.15, -0.1) is 0 Å². The molecule has 0 unspecified atom stereocenters. The molecule has 0 aliphatic rings. The van der Waals surface area contributed by atoms with Gasteiger partial charge in [-0.2, -0.15) is 0 Å². The zero-order valence-electron chi connectivity index (χ0n) is 11.1. The third-order valence-electron chi connectivity index (χ3n) is 2.45. The maximum Gasteiger partial charge on any atom is 0.418 e. The Bertz CT molecular complexity index is 556. The summed E-state index contributed by atoms with van der Waals surface area (Å²) >= 11 is 0. The van der Waals surface area contributed by atoms with Crippen LogP contribution >= 0.6 is 0 Å². The molecular formula is C14H16N2O3. The summed E-state index contributed by atoms with van der Waals surface area (Å²) < 4.78 is 10.2. The van der Waals surface area contributed by atoms with E-state index in [0.717, 1.165) is 0 Å². The van der Waals surface area contributed by atoms with Crippen molar-refractivity contribution in [3.8, 4) is 5.88 Å². The van der Waals surface area contributed by atoms with Crippen molar-refractivity contribution < 1.29 is 14.1 Å². The number of carbonyl (C=O) groups excluding carboxylic acids is 1. The summed E-state index contributed by atoms with van der Waals surface area (Å²) in [6.07, 6.45) is -0.597. The van der Waals surface area contributed by atoms with Gasteiger partial charge in [-0.3, -0.25) is 5.32 Å². The molecule has 1 aromatic heterocycles. The lowest BCUT2D eigenvalue weighted by molar-refractivity contribution is 0.209. The second-order valence-corrected chi connectivity index (χ2v) is 5.16. The number of anilines is 1. The average molecular weight is 260 g/mol. The van der Waals surface area contributed by atoms with Gasteiger partial charge in [0.2, 0.25) is 0 Å². The molecule has 5 nitrogen and oxygen atoms in total. The Balaban J connectivity index is 1.98. The number of amides is 1. The largest absolute Gasteiger partial charge is 0.418 e. The molecule has 2 aromatic rings. The van der Waals surface area contributed by atoms with E-state index in [9.17, 15) is 4.79 Å². The summed E-state index contributed by atoms with van der Waals surface area (Å²) in [5.74, 6) is 0.813. The molecule has 0 saturated heterocycles. The molecule has 2 rings (SSSR count). The predicted octanol–water partition coefficient (Wildman–Crippen LogP) is 3.58. The van der Waals surface area contributed by atoms with Crippen molar-refractivity contribution in [1.29, 1.82) is 0 Å². The van der Waals surface area contributed by atoms with E-state index in [-0.39, 0.29) is 11.3 Å². The second-order valence-electron chi connectivity index (χ2n) is 5.16. The standard InChI is InChI=1S/C14H16N2O3/c1-14(2,3)11-9-12(16-19-11)18-13(17)15-10-7-5-4-6-8-10/h4-9H,1-3H3,(H,15,17). The maximum absolute atomic E-state index is 11.6. The highest BCUT2D eigenvalue weighted by Gasteiger charge is 2.21. The summed E-state index contributed by atoms with van der Waals surface area (Å²) in [7, 11) is 0. The molecule has 0 aliphatic carbocycles. The van der Waals surface area contributed by atoms with Crippen molar-refractivity contribution in [1.82, 2.24) is 5.16 Å². The number of benzene rings is 1. The van der Waals surface area contributed by atoms with Crippen molar-refractivity contribution in [3.63, 3.8) is 0 Å². The number of aromatic nitrogens is 1. The molecule has 100 valence electrons. The second kappa shape index (κ2) is 5.14. The first-order valence-corrected chi connectivity index (χ1v) is 5.96. The first kappa shape index (κ1) is 13.1. The van der Waals surface area contributed by atoms with Crippen LogP contribution in [-0.2, 0) is 5.41 Å². The number of hydrogen-bond donors (Lipinski definition) is 1. The Kier molecular flexibility index (Phi) is 3.55. The van der Waals surface area contributed by atoms with Gasteiger partial charge in [-0.05, 0) is 17.3 Å². The number of ether oxygens (including phenoxy) is 1. The molecule has 0 aliphatic heterocycles. The number of nitrogens with one attached hydrogen (secondary N) is 1. The van der Waals surface area contributed by atoms with Crippen LogP contribution in [0.25, 0.3) is 0 Å². The molecule has 0 bridgehead atoms. The first-order valence-electron chi connectivity index (χ1n) is 5.96. The van der Waals surface area contributed by atoms with Gasteiger partial charge in [0.05, 0.1) is 0 Å². The molecule has 1 heterocycles. The number of rotatable bonds is 2. The molecule has 0 atom stereocenters. The molecule has 0 radical (unpaired) electrons. The summed E-state index contributed by atoms with van der Waals surface area (Å²) in [4.78, 5) is 11.6. The van der Waals surface area contributed by atoms with Gasteiger partial charge >= 0.3 is 6.09 Å². The van der Waals surface area contributed by atoms with Gasteiger partial charge in [-0.1, -0.05) is 39.0 Å². The van der Waals surface area contributed by atoms with Gasteiger partial charge in [0.15, 0.2) is 0 Å². The normalized spacial score (nSPS) is 11.1. The Morgan fingerprint density at radius 3 is 2.53 bits per heavy atom. The monoisotopic (exact) mass is 260 g/mol. The minimum atomic E-state index is -0.597. The molecule has 1 amide bonds. The molecule has 0 saturated carbocycles. The quantitative estimate of drug-likeness (QED) is 0.896. The molecule has 5 heteroatoms. The van der Waals surface area contributed by atoms with Crippen molar-refractivity contribution in [2.24, 2.45) is 0 Å². The lowest BCUT2D eigenvalue weighted by Gasteiger charge is -2.11. The summed E-state index contributed by atoms with van der Waals surface area (Å²) in [6.45, 7) is 5.96. The van der Waals surface area contributed by atoms with Crippen molar-refractivity contribution in [2.75, 3.05) is 5.32 Å². The van der Waals surface area contributed by atoms with E-state index < -0.39 is 6.09 Å². The van der Waals surface area contributed by atoms with E-state index in [4.69, 9.17) is 9.26 Å². The minimum absolute atomic E-state index is 0.151. The van der Waals surface area contributed by atoms with Gasteiger partial charge in [0.1, 0.15) is 5.76 Å². The predicted molar refractivity (Wildman–Crippen MR) is 71.3 cm³/mol. The fraction of sp³-hybridized carbons (Fsp3) is 0.286. The number of nitrogens with zero attached hydrogens (tertiary/aromatic N) is 1. The van der Waals surface area contributed by atoms with E-state index in [2.05, 4.69) is 10.5 Å². The van der Waals surface area contributed by atoms with Crippen LogP contribution in [0, 0.1) is 0 Å². The van der Waals surface area contributed by atoms with Crippen LogP contribution in [-0.4, -0.2) is 11.2 Å². The molecule has 1 N–H and O–H groups in total. The Morgan fingerprint density at radius 2 is 1.95 bits per heavy atom. The molecular weight excluding hydrogens is 244 g/mol. The number of carbonyl (C=O) groups is 1. The highest BCUT2D eigenvalue weighted by atomic mass is 16.6. The lowest BCUT2D eigenvalue weighted by Crippen LogP contribution is -2.16. The van der Waals surface area contributed by atoms with Crippen LogP contribution in [0.1, 0.15) is 26.5 Å². The summed E-state index contributed by atoms with van der Waals surface area (Å²) in [5.41, 5.74) is 0.483. The van der Waals surface area contributed by atoms with E-state index >= 15 is 0 Å². The SMILES string of the molecule is CC(C)(C)c1cc(OC(=O)Nc2ccccc2)no1. The lowest BCUT2D eigenvalue weighted by atomic mass is 9.94. The Morgan fingerprint density at radius 1 is 1.26 bits per heavy atom. The van der Waals surface area contributed by atoms with E-state index in [0.29, 0.717) is 11.4 Å². The first-order chi connectivity index (χ1) is 8.95. The van der Waals surface area contributed by atoms with E-state index in [1.54, 1.807) is 18.2 Å². The molecule has 19 heavy (non-hydrogen) atoms. The summed E-state index contributed by atoms with van der Waals surface area (Å²) in [5, 5.41) is 6.30. The fourth-order valence-electron chi connectivity index (χ4n) is 1.42. The van der Waals surface area contributed by atoms with Crippen molar-refractivity contribution in [3.05, 3.63) is 42.2 Å². The van der Waals surface area contributed by atoms with Crippen molar-refractivity contribution in [2.45, 2.75) is 26.2 Å². The summed E-state index contributed by atoms with van der Waals surface area (Å²) in [6, 6.07) is 10.7. The van der Waals surface area contributed by atoms with Gasteiger partial charge < -0.3 is 9.26 Å². The van der Waals surface area contributed by atoms with Crippen LogP contribution in [0.3, 0.4) is 0 Å². The number of para-hydroxylation sites is 1. The smallest absolute Gasteiger partial charge is 0.388 e. The van der Waals surface area contributed by atoms with Gasteiger partial charge in [-0.25, -0.2) is 4.79 Å². The Hall–Kier alpha value is -2.30. The van der Waals surface area contributed by atoms with Crippen LogP contribution in [0.4, 0.5) is 10.5 Å². The third-order valence-corrected chi connectivity index (χ3v) is 2.45. The Labute approximate surface area is 111 Å². The molecule has 1 aromatic carbocycles. The van der Waals surface area contributed by atoms with Crippen LogP contribution in [0.5, 0.6) is 5.88 Å². The van der Waals surface area contributed by atoms with Gasteiger partial charge in [0.25, 0.3) is 5.88 Å². The zero-order valence-corrected chi connectivity index (χ0v) is 11.1. The molecule has 0 fully saturated rings.